The maximum atomic E-state index is 9.47. The van der Waals surface area contributed by atoms with Crippen molar-refractivity contribution in [3.63, 3.8) is 0 Å². The predicted octanol–water partition coefficient (Wildman–Crippen LogP) is 1.70. The molecule has 0 spiro atoms. The molecule has 13 heavy (non-hydrogen) atoms. The molecule has 1 aliphatic rings. The van der Waals surface area contributed by atoms with Gasteiger partial charge in [-0.15, -0.1) is 11.3 Å². The van der Waals surface area contributed by atoms with Gasteiger partial charge < -0.3 is 5.11 Å². The van der Waals surface area contributed by atoms with Gasteiger partial charge in [-0.3, -0.25) is 4.90 Å². The van der Waals surface area contributed by atoms with Gasteiger partial charge in [0.2, 0.25) is 0 Å². The van der Waals surface area contributed by atoms with Crippen LogP contribution in [0.4, 0.5) is 0 Å². The predicted molar refractivity (Wildman–Crippen MR) is 54.8 cm³/mol. The third-order valence-electron chi connectivity index (χ3n) is 2.44. The van der Waals surface area contributed by atoms with E-state index in [1.165, 1.54) is 4.88 Å². The fourth-order valence-electron chi connectivity index (χ4n) is 1.80. The topological polar surface area (TPSA) is 23.5 Å². The van der Waals surface area contributed by atoms with Crippen molar-refractivity contribution in [3.8, 4) is 0 Å². The molecular weight excluding hydrogens is 182 g/mol. The Morgan fingerprint density at radius 1 is 1.62 bits per heavy atom. The molecule has 0 radical (unpaired) electrons. The molecule has 72 valence electrons. The standard InChI is InChI=1S/C10H15NOS/c12-9-3-1-5-11(7-9)8-10-4-2-6-13-10/h2,4,6,9,12H,1,3,5,7-8H2/t9-/m0/s1. The summed E-state index contributed by atoms with van der Waals surface area (Å²) in [6.07, 6.45) is 2.00. The highest BCUT2D eigenvalue weighted by atomic mass is 32.1. The van der Waals surface area contributed by atoms with Crippen LogP contribution in [0.25, 0.3) is 0 Å². The van der Waals surface area contributed by atoms with Gasteiger partial charge in [0, 0.05) is 18.0 Å². The maximum Gasteiger partial charge on any atom is 0.0667 e. The average molecular weight is 197 g/mol. The first-order chi connectivity index (χ1) is 6.34. The van der Waals surface area contributed by atoms with Crippen molar-refractivity contribution in [2.45, 2.75) is 25.5 Å². The molecule has 0 aliphatic carbocycles. The van der Waals surface area contributed by atoms with Crippen LogP contribution >= 0.6 is 11.3 Å². The fraction of sp³-hybridized carbons (Fsp3) is 0.600. The molecule has 0 amide bonds. The van der Waals surface area contributed by atoms with Crippen LogP contribution in [0.3, 0.4) is 0 Å². The van der Waals surface area contributed by atoms with Crippen LogP contribution in [0, 0.1) is 0 Å². The molecule has 2 nitrogen and oxygen atoms in total. The Morgan fingerprint density at radius 3 is 3.23 bits per heavy atom. The van der Waals surface area contributed by atoms with Crippen molar-refractivity contribution in [2.75, 3.05) is 13.1 Å². The molecule has 0 saturated carbocycles. The molecule has 2 heterocycles. The van der Waals surface area contributed by atoms with Crippen LogP contribution in [-0.4, -0.2) is 29.2 Å². The Kier molecular flexibility index (Phi) is 2.98. The molecule has 1 fully saturated rings. The van der Waals surface area contributed by atoms with Gasteiger partial charge in [-0.05, 0) is 30.8 Å². The minimum Gasteiger partial charge on any atom is -0.392 e. The molecule has 1 atom stereocenters. The summed E-state index contributed by atoms with van der Waals surface area (Å²) >= 11 is 1.79. The van der Waals surface area contributed by atoms with Crippen molar-refractivity contribution >= 4 is 11.3 Å². The van der Waals surface area contributed by atoms with E-state index in [0.717, 1.165) is 32.5 Å². The number of hydrogen-bond donors (Lipinski definition) is 1. The lowest BCUT2D eigenvalue weighted by atomic mass is 10.1. The van der Waals surface area contributed by atoms with E-state index in [4.69, 9.17) is 0 Å². The summed E-state index contributed by atoms with van der Waals surface area (Å²) in [6.45, 7) is 2.99. The van der Waals surface area contributed by atoms with E-state index in [-0.39, 0.29) is 6.10 Å². The Bertz CT molecular complexity index is 247. The van der Waals surface area contributed by atoms with Crippen molar-refractivity contribution in [1.29, 1.82) is 0 Å². The molecule has 1 saturated heterocycles. The smallest absolute Gasteiger partial charge is 0.0667 e. The summed E-state index contributed by atoms with van der Waals surface area (Å²) in [5.41, 5.74) is 0. The number of piperidine rings is 1. The van der Waals surface area contributed by atoms with E-state index in [2.05, 4.69) is 22.4 Å². The van der Waals surface area contributed by atoms with Crippen molar-refractivity contribution < 1.29 is 5.11 Å². The van der Waals surface area contributed by atoms with Crippen LogP contribution in [-0.2, 0) is 6.54 Å². The first-order valence-corrected chi connectivity index (χ1v) is 5.65. The quantitative estimate of drug-likeness (QED) is 0.780. The third kappa shape index (κ3) is 2.53. The number of likely N-dealkylation sites (tertiary alicyclic amines) is 1. The molecule has 1 aromatic rings. The number of nitrogens with zero attached hydrogens (tertiary/aromatic N) is 1. The second kappa shape index (κ2) is 4.22. The zero-order valence-corrected chi connectivity index (χ0v) is 8.46. The lowest BCUT2D eigenvalue weighted by Crippen LogP contribution is -2.37. The lowest BCUT2D eigenvalue weighted by Gasteiger charge is -2.29. The number of hydrogen-bond acceptors (Lipinski definition) is 3. The van der Waals surface area contributed by atoms with E-state index in [1.54, 1.807) is 11.3 Å². The molecule has 0 unspecified atom stereocenters. The van der Waals surface area contributed by atoms with Gasteiger partial charge in [-0.2, -0.15) is 0 Å². The van der Waals surface area contributed by atoms with Crippen molar-refractivity contribution in [1.82, 2.24) is 4.90 Å². The first kappa shape index (κ1) is 9.19. The minimum absolute atomic E-state index is 0.103. The highest BCUT2D eigenvalue weighted by Gasteiger charge is 2.17. The SMILES string of the molecule is O[C@H]1CCCN(Cc2cccs2)C1. The van der Waals surface area contributed by atoms with Gasteiger partial charge in [0.15, 0.2) is 0 Å². The zero-order chi connectivity index (χ0) is 9.10. The Labute approximate surface area is 82.8 Å². The number of aliphatic hydroxyl groups is 1. The van der Waals surface area contributed by atoms with E-state index < -0.39 is 0 Å². The van der Waals surface area contributed by atoms with Crippen LogP contribution in [0.1, 0.15) is 17.7 Å². The normalized spacial score (nSPS) is 24.8. The van der Waals surface area contributed by atoms with Crippen molar-refractivity contribution in [3.05, 3.63) is 22.4 Å². The first-order valence-electron chi connectivity index (χ1n) is 4.77. The van der Waals surface area contributed by atoms with Gasteiger partial charge >= 0.3 is 0 Å². The van der Waals surface area contributed by atoms with Gasteiger partial charge in [0.05, 0.1) is 6.10 Å². The molecule has 0 bridgehead atoms. The Balaban J connectivity index is 1.87. The number of β-amino-alcohol motifs (C(OH)–C–C–N with tert-alkyl or cyclic N) is 1. The van der Waals surface area contributed by atoms with Gasteiger partial charge in [-0.25, -0.2) is 0 Å². The van der Waals surface area contributed by atoms with Gasteiger partial charge in [0.25, 0.3) is 0 Å². The molecule has 3 heteroatoms. The maximum absolute atomic E-state index is 9.47. The molecule has 1 N–H and O–H groups in total. The minimum atomic E-state index is -0.103. The number of rotatable bonds is 2. The van der Waals surface area contributed by atoms with E-state index in [9.17, 15) is 5.11 Å². The Morgan fingerprint density at radius 2 is 2.54 bits per heavy atom. The summed E-state index contributed by atoms with van der Waals surface area (Å²) in [5, 5.41) is 11.6. The van der Waals surface area contributed by atoms with E-state index in [1.807, 2.05) is 0 Å². The zero-order valence-electron chi connectivity index (χ0n) is 7.65. The molecule has 1 aromatic heterocycles. The largest absolute Gasteiger partial charge is 0.392 e. The van der Waals surface area contributed by atoms with Gasteiger partial charge in [-0.1, -0.05) is 6.07 Å². The summed E-state index contributed by atoms with van der Waals surface area (Å²) in [4.78, 5) is 3.73. The second-order valence-corrected chi connectivity index (χ2v) is 4.64. The van der Waals surface area contributed by atoms with Gasteiger partial charge in [0.1, 0.15) is 0 Å². The Hall–Kier alpha value is -0.380. The lowest BCUT2D eigenvalue weighted by molar-refractivity contribution is 0.0673. The molecule has 2 rings (SSSR count). The van der Waals surface area contributed by atoms with E-state index >= 15 is 0 Å². The van der Waals surface area contributed by atoms with E-state index in [0.29, 0.717) is 0 Å². The molecule has 1 aliphatic heterocycles. The third-order valence-corrected chi connectivity index (χ3v) is 3.30. The summed E-state index contributed by atoms with van der Waals surface area (Å²) < 4.78 is 0. The highest BCUT2D eigenvalue weighted by Crippen LogP contribution is 2.16. The van der Waals surface area contributed by atoms with Crippen LogP contribution in [0.5, 0.6) is 0 Å². The van der Waals surface area contributed by atoms with Crippen LogP contribution < -0.4 is 0 Å². The van der Waals surface area contributed by atoms with Crippen LogP contribution in [0.15, 0.2) is 17.5 Å². The average Bonchev–Trinajstić information content (AvgIpc) is 2.57. The number of aliphatic hydroxyl groups excluding tert-OH is 1. The summed E-state index contributed by atoms with van der Waals surface area (Å²) in [7, 11) is 0. The van der Waals surface area contributed by atoms with Crippen molar-refractivity contribution in [2.24, 2.45) is 0 Å². The second-order valence-electron chi connectivity index (χ2n) is 3.61. The summed E-state index contributed by atoms with van der Waals surface area (Å²) in [5.74, 6) is 0. The monoisotopic (exact) mass is 197 g/mol. The fourth-order valence-corrected chi connectivity index (χ4v) is 2.54. The summed E-state index contributed by atoms with van der Waals surface area (Å²) in [6, 6.07) is 4.24. The van der Waals surface area contributed by atoms with Crippen LogP contribution in [0.2, 0.25) is 0 Å². The highest BCUT2D eigenvalue weighted by molar-refractivity contribution is 7.09. The molecular formula is C10H15NOS. The number of thiophene rings is 1. The molecule has 0 aromatic carbocycles.